The van der Waals surface area contributed by atoms with Crippen molar-refractivity contribution in [2.24, 2.45) is 0 Å². The summed E-state index contributed by atoms with van der Waals surface area (Å²) in [6, 6.07) is -0.868. The maximum absolute atomic E-state index is 12.2. The highest BCUT2D eigenvalue weighted by Gasteiger charge is 2.65. The summed E-state index contributed by atoms with van der Waals surface area (Å²) in [5, 5.41) is 10.6. The third-order valence-electron chi connectivity index (χ3n) is 4.74. The second kappa shape index (κ2) is 5.00. The quantitative estimate of drug-likeness (QED) is 0.706. The number of ether oxygens (including phenoxy) is 1. The molecule has 2 fully saturated rings. The van der Waals surface area contributed by atoms with E-state index in [1.165, 1.54) is 15.1 Å². The van der Waals surface area contributed by atoms with Crippen LogP contribution < -0.4 is 11.4 Å². The van der Waals surface area contributed by atoms with Crippen molar-refractivity contribution >= 4 is 15.8 Å². The molecule has 9 nitrogen and oxygen atoms in total. The lowest BCUT2D eigenvalue weighted by Gasteiger charge is -2.35. The molecule has 3 heterocycles. The topological polar surface area (TPSA) is 128 Å². The molecule has 2 aliphatic heterocycles. The minimum atomic E-state index is -3.55. The van der Waals surface area contributed by atoms with E-state index in [9.17, 15) is 18.3 Å². The molecule has 0 spiro atoms. The van der Waals surface area contributed by atoms with Crippen molar-refractivity contribution in [2.45, 2.75) is 44.2 Å². The van der Waals surface area contributed by atoms with Gasteiger partial charge in [-0.25, -0.2) is 13.2 Å². The van der Waals surface area contributed by atoms with Crippen LogP contribution in [0.5, 0.6) is 0 Å². The lowest BCUT2D eigenvalue weighted by Crippen LogP contribution is -2.49. The number of aryl methyl sites for hydroxylation is 1. The normalized spacial score (nSPS) is 34.2. The maximum Gasteiger partial charge on any atom is 0.351 e. The SMILES string of the molecule is CC[C@@]12CN(S(C)(=O)=O)[C@@H]([C@H](n3cc(C)c(N)nc3=O)O1)[C@@H]2O. The van der Waals surface area contributed by atoms with Gasteiger partial charge in [0.15, 0.2) is 6.23 Å². The fraction of sp³-hybridized carbons (Fsp3) is 0.692. The fourth-order valence-electron chi connectivity index (χ4n) is 3.37. The molecule has 10 heteroatoms. The number of nitrogens with two attached hydrogens (primary N) is 1. The van der Waals surface area contributed by atoms with Crippen LogP contribution in [0, 0.1) is 6.92 Å². The number of aliphatic hydroxyl groups is 1. The molecule has 1 aromatic rings. The Morgan fingerprint density at radius 1 is 1.57 bits per heavy atom. The highest BCUT2D eigenvalue weighted by atomic mass is 32.2. The first kappa shape index (κ1) is 16.4. The van der Waals surface area contributed by atoms with E-state index in [4.69, 9.17) is 10.5 Å². The van der Waals surface area contributed by atoms with Crippen LogP contribution in [0.15, 0.2) is 11.0 Å². The first-order valence-electron chi connectivity index (χ1n) is 7.28. The van der Waals surface area contributed by atoms with Gasteiger partial charge in [0.1, 0.15) is 17.5 Å². The van der Waals surface area contributed by atoms with Crippen molar-refractivity contribution in [1.29, 1.82) is 0 Å². The van der Waals surface area contributed by atoms with Crippen LogP contribution in [-0.4, -0.2) is 57.9 Å². The van der Waals surface area contributed by atoms with E-state index < -0.39 is 39.7 Å². The number of anilines is 1. The van der Waals surface area contributed by atoms with Crippen molar-refractivity contribution in [1.82, 2.24) is 13.9 Å². The van der Waals surface area contributed by atoms with Gasteiger partial charge in [-0.2, -0.15) is 9.29 Å². The molecule has 1 aromatic heterocycles. The molecule has 2 aliphatic rings. The van der Waals surface area contributed by atoms with Crippen LogP contribution in [0.4, 0.5) is 5.82 Å². The summed E-state index contributed by atoms with van der Waals surface area (Å²) in [6.07, 6.45) is 1.02. The van der Waals surface area contributed by atoms with Crippen LogP contribution >= 0.6 is 0 Å². The van der Waals surface area contributed by atoms with E-state index in [0.717, 1.165) is 6.26 Å². The predicted molar refractivity (Wildman–Crippen MR) is 82.1 cm³/mol. The van der Waals surface area contributed by atoms with Crippen molar-refractivity contribution in [3.63, 3.8) is 0 Å². The highest BCUT2D eigenvalue weighted by molar-refractivity contribution is 7.88. The maximum atomic E-state index is 12.2. The molecule has 0 radical (unpaired) electrons. The van der Waals surface area contributed by atoms with Crippen molar-refractivity contribution < 1.29 is 18.3 Å². The van der Waals surface area contributed by atoms with E-state index in [1.54, 1.807) is 6.92 Å². The second-order valence-electron chi connectivity index (χ2n) is 6.17. The number of sulfonamides is 1. The molecule has 2 saturated heterocycles. The minimum Gasteiger partial charge on any atom is -0.388 e. The molecule has 0 saturated carbocycles. The number of nitrogens with zero attached hydrogens (tertiary/aromatic N) is 3. The number of morpholine rings is 1. The highest BCUT2D eigenvalue weighted by Crippen LogP contribution is 2.48. The van der Waals surface area contributed by atoms with Gasteiger partial charge < -0.3 is 15.6 Å². The average molecular weight is 344 g/mol. The number of aliphatic hydroxyl groups excluding tert-OH is 1. The largest absolute Gasteiger partial charge is 0.388 e. The number of nitrogen functional groups attached to an aromatic ring is 1. The zero-order valence-electron chi connectivity index (χ0n) is 13.1. The first-order valence-corrected chi connectivity index (χ1v) is 9.13. The fourth-order valence-corrected chi connectivity index (χ4v) is 4.49. The van der Waals surface area contributed by atoms with Crippen molar-refractivity contribution in [2.75, 3.05) is 18.5 Å². The lowest BCUT2D eigenvalue weighted by molar-refractivity contribution is -0.126. The minimum absolute atomic E-state index is 0.0702. The average Bonchev–Trinajstić information content (AvgIpc) is 2.91. The summed E-state index contributed by atoms with van der Waals surface area (Å²) < 4.78 is 32.4. The molecule has 0 aliphatic carbocycles. The number of fused-ring (bicyclic) bond motifs is 2. The number of hydrogen-bond donors (Lipinski definition) is 2. The monoisotopic (exact) mass is 344 g/mol. The summed E-state index contributed by atoms with van der Waals surface area (Å²) in [4.78, 5) is 15.9. The molecule has 0 unspecified atom stereocenters. The van der Waals surface area contributed by atoms with Gasteiger partial charge in [-0.05, 0) is 13.3 Å². The Kier molecular flexibility index (Phi) is 3.56. The van der Waals surface area contributed by atoms with E-state index >= 15 is 0 Å². The van der Waals surface area contributed by atoms with E-state index in [-0.39, 0.29) is 12.4 Å². The molecule has 0 amide bonds. The van der Waals surface area contributed by atoms with Crippen LogP contribution in [0.25, 0.3) is 0 Å². The summed E-state index contributed by atoms with van der Waals surface area (Å²) in [7, 11) is -3.55. The van der Waals surface area contributed by atoms with Gasteiger partial charge in [0.05, 0.1) is 12.3 Å². The van der Waals surface area contributed by atoms with Crippen LogP contribution in [0.3, 0.4) is 0 Å². The third-order valence-corrected chi connectivity index (χ3v) is 5.96. The summed E-state index contributed by atoms with van der Waals surface area (Å²) in [5.41, 5.74) is 4.53. The smallest absolute Gasteiger partial charge is 0.351 e. The van der Waals surface area contributed by atoms with Gasteiger partial charge >= 0.3 is 5.69 Å². The van der Waals surface area contributed by atoms with E-state index in [0.29, 0.717) is 12.0 Å². The number of rotatable bonds is 3. The van der Waals surface area contributed by atoms with Gasteiger partial charge in [-0.15, -0.1) is 0 Å². The molecular weight excluding hydrogens is 324 g/mol. The molecule has 4 atom stereocenters. The molecule has 3 N–H and O–H groups in total. The Bertz CT molecular complexity index is 807. The second-order valence-corrected chi connectivity index (χ2v) is 8.10. The third kappa shape index (κ3) is 2.28. The first-order chi connectivity index (χ1) is 10.6. The summed E-state index contributed by atoms with van der Waals surface area (Å²) in [6.45, 7) is 3.57. The molecule has 0 aromatic carbocycles. The number of hydrogen-bond acceptors (Lipinski definition) is 7. The number of aromatic nitrogens is 2. The Hall–Kier alpha value is -1.49. The summed E-state index contributed by atoms with van der Waals surface area (Å²) >= 11 is 0. The van der Waals surface area contributed by atoms with Gasteiger partial charge in [0.2, 0.25) is 10.0 Å². The zero-order valence-corrected chi connectivity index (χ0v) is 13.9. The van der Waals surface area contributed by atoms with Crippen LogP contribution in [-0.2, 0) is 14.8 Å². The Labute approximate surface area is 133 Å². The lowest BCUT2D eigenvalue weighted by atomic mass is 9.96. The standard InChI is InChI=1S/C13H20N4O5S/c1-4-13-6-17(23(3,20)21)8(9(13)18)11(22-13)16-5-7(2)10(14)15-12(16)19/h5,8-9,11,18H,4,6H2,1-3H3,(H2,14,15,19)/t8-,9+,11-,13+/m1/s1. The predicted octanol–water partition coefficient (Wildman–Crippen LogP) is -1.18. The van der Waals surface area contributed by atoms with Crippen LogP contribution in [0.1, 0.15) is 25.1 Å². The molecule has 128 valence electrons. The molecular formula is C13H20N4O5S. The Morgan fingerprint density at radius 2 is 2.22 bits per heavy atom. The molecule has 23 heavy (non-hydrogen) atoms. The Morgan fingerprint density at radius 3 is 2.74 bits per heavy atom. The van der Waals surface area contributed by atoms with E-state index in [1.807, 2.05) is 6.92 Å². The van der Waals surface area contributed by atoms with Gasteiger partial charge in [0.25, 0.3) is 0 Å². The molecule has 3 rings (SSSR count). The van der Waals surface area contributed by atoms with Crippen LogP contribution in [0.2, 0.25) is 0 Å². The molecule has 2 bridgehead atoms. The zero-order chi connectivity index (χ0) is 17.2. The Balaban J connectivity index is 2.12. The van der Waals surface area contributed by atoms with Crippen molar-refractivity contribution in [3.8, 4) is 0 Å². The summed E-state index contributed by atoms with van der Waals surface area (Å²) in [5.74, 6) is 0.111. The van der Waals surface area contributed by atoms with Gasteiger partial charge in [0, 0.05) is 18.3 Å². The van der Waals surface area contributed by atoms with E-state index in [2.05, 4.69) is 4.98 Å². The van der Waals surface area contributed by atoms with Crippen molar-refractivity contribution in [3.05, 3.63) is 22.2 Å². The van der Waals surface area contributed by atoms with Gasteiger partial charge in [-0.3, -0.25) is 4.57 Å². The van der Waals surface area contributed by atoms with Gasteiger partial charge in [-0.1, -0.05) is 6.92 Å².